The van der Waals surface area contributed by atoms with E-state index in [9.17, 15) is 4.39 Å². The predicted molar refractivity (Wildman–Crippen MR) is 50.0 cm³/mol. The van der Waals surface area contributed by atoms with Crippen molar-refractivity contribution in [3.8, 4) is 0 Å². The van der Waals surface area contributed by atoms with E-state index in [1.807, 2.05) is 0 Å². The van der Waals surface area contributed by atoms with Crippen LogP contribution in [0.5, 0.6) is 0 Å². The van der Waals surface area contributed by atoms with Gasteiger partial charge in [0, 0.05) is 6.54 Å². The second kappa shape index (κ2) is 4.56. The molecule has 0 bridgehead atoms. The summed E-state index contributed by atoms with van der Waals surface area (Å²) >= 11 is 5.65. The molecule has 0 spiro atoms. The van der Waals surface area contributed by atoms with Gasteiger partial charge in [0.2, 0.25) is 0 Å². The van der Waals surface area contributed by atoms with Gasteiger partial charge in [0.1, 0.15) is 5.82 Å². The highest BCUT2D eigenvalue weighted by Gasteiger charge is 2.05. The van der Waals surface area contributed by atoms with Gasteiger partial charge in [-0.1, -0.05) is 17.7 Å². The van der Waals surface area contributed by atoms with Gasteiger partial charge >= 0.3 is 0 Å². The van der Waals surface area contributed by atoms with Gasteiger partial charge in [-0.15, -0.1) is 0 Å². The highest BCUT2D eigenvalue weighted by Crippen LogP contribution is 2.19. The second-order valence-corrected chi connectivity index (χ2v) is 3.14. The Labute approximate surface area is 81.6 Å². The molecule has 4 heteroatoms. The maximum Gasteiger partial charge on any atom is 0.144 e. The molecule has 0 atom stereocenters. The first-order valence-electron chi connectivity index (χ1n) is 3.85. The van der Waals surface area contributed by atoms with E-state index in [4.69, 9.17) is 11.6 Å². The van der Waals surface area contributed by atoms with Crippen molar-refractivity contribution in [2.45, 2.75) is 13.5 Å². The summed E-state index contributed by atoms with van der Waals surface area (Å²) in [4.78, 5) is 4.67. The zero-order valence-electron chi connectivity index (χ0n) is 7.53. The lowest BCUT2D eigenvalue weighted by Crippen LogP contribution is -2.11. The van der Waals surface area contributed by atoms with Gasteiger partial charge < -0.3 is 4.84 Å². The van der Waals surface area contributed by atoms with Crippen molar-refractivity contribution in [1.29, 1.82) is 0 Å². The number of nitrogens with one attached hydrogen (secondary N) is 1. The summed E-state index contributed by atoms with van der Waals surface area (Å²) in [5, 5.41) is 0.146. The molecule has 0 saturated carbocycles. The molecular formula is C9H11ClFNO. The Morgan fingerprint density at radius 2 is 2.23 bits per heavy atom. The van der Waals surface area contributed by atoms with Crippen LogP contribution in [-0.4, -0.2) is 7.11 Å². The average Bonchev–Trinajstić information content (AvgIpc) is 2.10. The summed E-state index contributed by atoms with van der Waals surface area (Å²) in [6.45, 7) is 2.19. The number of hydroxylamine groups is 1. The first-order valence-corrected chi connectivity index (χ1v) is 4.23. The molecule has 1 rings (SSSR count). The molecule has 0 saturated heterocycles. The molecular weight excluding hydrogens is 193 g/mol. The first kappa shape index (κ1) is 10.4. The third kappa shape index (κ3) is 2.66. The Bertz CT molecular complexity index is 281. The normalized spacial score (nSPS) is 10.5. The van der Waals surface area contributed by atoms with Crippen molar-refractivity contribution >= 4 is 11.6 Å². The predicted octanol–water partition coefficient (Wildman–Crippen LogP) is 2.44. The highest BCUT2D eigenvalue weighted by atomic mass is 35.5. The second-order valence-electron chi connectivity index (χ2n) is 2.73. The number of rotatable bonds is 3. The van der Waals surface area contributed by atoms with Crippen LogP contribution in [-0.2, 0) is 11.4 Å². The maximum atomic E-state index is 13.0. The molecule has 0 fully saturated rings. The van der Waals surface area contributed by atoms with Crippen molar-refractivity contribution in [3.05, 3.63) is 34.1 Å². The van der Waals surface area contributed by atoms with Gasteiger partial charge in [-0.3, -0.25) is 0 Å². The van der Waals surface area contributed by atoms with Crippen LogP contribution >= 0.6 is 11.6 Å². The number of hydrogen-bond acceptors (Lipinski definition) is 2. The molecule has 0 unspecified atom stereocenters. The van der Waals surface area contributed by atoms with Crippen LogP contribution < -0.4 is 5.48 Å². The Morgan fingerprint density at radius 3 is 2.77 bits per heavy atom. The van der Waals surface area contributed by atoms with Crippen molar-refractivity contribution in [3.63, 3.8) is 0 Å². The summed E-state index contributed by atoms with van der Waals surface area (Å²) in [6, 6.07) is 3.31. The van der Waals surface area contributed by atoms with Gasteiger partial charge in [-0.05, 0) is 24.1 Å². The van der Waals surface area contributed by atoms with Gasteiger partial charge in [0.05, 0.1) is 12.1 Å². The Morgan fingerprint density at radius 1 is 1.54 bits per heavy atom. The van der Waals surface area contributed by atoms with Gasteiger partial charge in [-0.25, -0.2) is 4.39 Å². The van der Waals surface area contributed by atoms with Crippen molar-refractivity contribution in [1.82, 2.24) is 5.48 Å². The molecule has 0 amide bonds. The lowest BCUT2D eigenvalue weighted by Gasteiger charge is -2.05. The monoisotopic (exact) mass is 203 g/mol. The smallest absolute Gasteiger partial charge is 0.144 e. The topological polar surface area (TPSA) is 21.3 Å². The van der Waals surface area contributed by atoms with Crippen LogP contribution in [0.2, 0.25) is 5.02 Å². The van der Waals surface area contributed by atoms with Crippen molar-refractivity contribution in [2.24, 2.45) is 0 Å². The molecule has 0 heterocycles. The number of aryl methyl sites for hydroxylation is 1. The molecule has 72 valence electrons. The minimum absolute atomic E-state index is 0.146. The standard InChI is InChI=1S/C9H11ClFNO/c1-6-3-7(5-12-13-2)4-8(10)9(6)11/h3-4,12H,5H2,1-2H3. The summed E-state index contributed by atoms with van der Waals surface area (Å²) in [5.74, 6) is -0.358. The third-order valence-corrected chi connectivity index (χ3v) is 1.97. The zero-order valence-corrected chi connectivity index (χ0v) is 8.28. The van der Waals surface area contributed by atoms with E-state index in [0.717, 1.165) is 5.56 Å². The van der Waals surface area contributed by atoms with Crippen LogP contribution in [0.1, 0.15) is 11.1 Å². The average molecular weight is 204 g/mol. The van der Waals surface area contributed by atoms with Crippen LogP contribution in [0.4, 0.5) is 4.39 Å². The molecule has 13 heavy (non-hydrogen) atoms. The summed E-state index contributed by atoms with van der Waals surface area (Å²) < 4.78 is 13.0. The van der Waals surface area contributed by atoms with Gasteiger partial charge in [0.25, 0.3) is 0 Å². The van der Waals surface area contributed by atoms with Crippen molar-refractivity contribution in [2.75, 3.05) is 7.11 Å². The lowest BCUT2D eigenvalue weighted by molar-refractivity contribution is 0.0867. The fourth-order valence-electron chi connectivity index (χ4n) is 1.06. The van der Waals surface area contributed by atoms with E-state index in [1.165, 1.54) is 7.11 Å². The molecule has 0 aliphatic heterocycles. The third-order valence-electron chi connectivity index (χ3n) is 1.69. The van der Waals surface area contributed by atoms with Crippen LogP contribution in [0.25, 0.3) is 0 Å². The molecule has 0 aliphatic rings. The first-order chi connectivity index (χ1) is 6.15. The summed E-state index contributed by atoms with van der Waals surface area (Å²) in [7, 11) is 1.53. The fraction of sp³-hybridized carbons (Fsp3) is 0.333. The highest BCUT2D eigenvalue weighted by molar-refractivity contribution is 6.30. The van der Waals surface area contributed by atoms with E-state index >= 15 is 0 Å². The van der Waals surface area contributed by atoms with Crippen LogP contribution in [0.3, 0.4) is 0 Å². The molecule has 1 aromatic carbocycles. The van der Waals surface area contributed by atoms with Crippen molar-refractivity contribution < 1.29 is 9.23 Å². The van der Waals surface area contributed by atoms with Gasteiger partial charge in [0.15, 0.2) is 0 Å². The molecule has 2 nitrogen and oxygen atoms in total. The van der Waals surface area contributed by atoms with E-state index in [2.05, 4.69) is 10.3 Å². The molecule has 0 aliphatic carbocycles. The lowest BCUT2D eigenvalue weighted by atomic mass is 10.1. The maximum absolute atomic E-state index is 13.0. The Balaban J connectivity index is 2.86. The summed E-state index contributed by atoms with van der Waals surface area (Å²) in [6.07, 6.45) is 0. The number of hydrogen-bond donors (Lipinski definition) is 1. The largest absolute Gasteiger partial charge is 0.305 e. The molecule has 0 radical (unpaired) electrons. The molecule has 1 N–H and O–H groups in total. The van der Waals surface area contributed by atoms with Gasteiger partial charge in [-0.2, -0.15) is 5.48 Å². The van der Waals surface area contributed by atoms with E-state index < -0.39 is 0 Å². The quantitative estimate of drug-likeness (QED) is 0.762. The van der Waals surface area contributed by atoms with E-state index in [1.54, 1.807) is 19.1 Å². The Kier molecular flexibility index (Phi) is 3.66. The minimum Gasteiger partial charge on any atom is -0.305 e. The van der Waals surface area contributed by atoms with E-state index in [0.29, 0.717) is 12.1 Å². The fourth-order valence-corrected chi connectivity index (χ4v) is 1.34. The Hall–Kier alpha value is -0.640. The minimum atomic E-state index is -0.358. The summed E-state index contributed by atoms with van der Waals surface area (Å²) in [5.41, 5.74) is 4.09. The van der Waals surface area contributed by atoms with Crippen LogP contribution in [0, 0.1) is 12.7 Å². The number of halogens is 2. The SMILES string of the molecule is CONCc1cc(C)c(F)c(Cl)c1. The molecule has 1 aromatic rings. The van der Waals surface area contributed by atoms with Crippen LogP contribution in [0.15, 0.2) is 12.1 Å². The van der Waals surface area contributed by atoms with E-state index in [-0.39, 0.29) is 10.8 Å². The zero-order chi connectivity index (χ0) is 9.84. The number of benzene rings is 1. The molecule has 0 aromatic heterocycles.